The van der Waals surface area contributed by atoms with Crippen LogP contribution in [0.15, 0.2) is 170 Å². The SMILES string of the molecule is c1ccc(-c2ncc3c(n2)-c2ccccc2C32c3ccccc3-c3ccccc32)c(-c2ccc(-n3c4ccccc4c4ccccc43)cn2)c1. The van der Waals surface area contributed by atoms with Gasteiger partial charge < -0.3 is 4.57 Å². The van der Waals surface area contributed by atoms with E-state index in [-0.39, 0.29) is 0 Å². The minimum atomic E-state index is -0.457. The van der Waals surface area contributed by atoms with Gasteiger partial charge in [0, 0.05) is 39.2 Å². The third kappa shape index (κ3) is 3.52. The van der Waals surface area contributed by atoms with Gasteiger partial charge in [0.25, 0.3) is 0 Å². The van der Waals surface area contributed by atoms with Crippen molar-refractivity contribution in [1.29, 1.82) is 0 Å². The Morgan fingerprint density at radius 2 is 0.920 bits per heavy atom. The topological polar surface area (TPSA) is 43.6 Å². The van der Waals surface area contributed by atoms with Gasteiger partial charge in [0.15, 0.2) is 5.82 Å². The highest BCUT2D eigenvalue weighted by molar-refractivity contribution is 6.09. The maximum Gasteiger partial charge on any atom is 0.160 e. The summed E-state index contributed by atoms with van der Waals surface area (Å²) in [6, 6.07) is 56.1. The van der Waals surface area contributed by atoms with Gasteiger partial charge in [-0.25, -0.2) is 9.97 Å². The molecule has 50 heavy (non-hydrogen) atoms. The van der Waals surface area contributed by atoms with Crippen LogP contribution in [-0.2, 0) is 5.41 Å². The number of aromatic nitrogens is 4. The number of hydrogen-bond donors (Lipinski definition) is 0. The van der Waals surface area contributed by atoms with Crippen molar-refractivity contribution in [2.75, 3.05) is 0 Å². The Morgan fingerprint density at radius 1 is 0.400 bits per heavy atom. The fourth-order valence-corrected chi connectivity index (χ4v) is 8.75. The molecule has 3 aromatic heterocycles. The number of para-hydroxylation sites is 2. The van der Waals surface area contributed by atoms with Crippen LogP contribution >= 0.6 is 0 Å². The molecule has 0 saturated heterocycles. The number of fused-ring (bicyclic) bond motifs is 13. The molecule has 4 heteroatoms. The van der Waals surface area contributed by atoms with Crippen molar-refractivity contribution < 1.29 is 0 Å². The molecule has 0 fully saturated rings. The summed E-state index contributed by atoms with van der Waals surface area (Å²) >= 11 is 0. The lowest BCUT2D eigenvalue weighted by atomic mass is 9.71. The Balaban J connectivity index is 1.06. The molecule has 0 bridgehead atoms. The van der Waals surface area contributed by atoms with Crippen molar-refractivity contribution in [2.45, 2.75) is 5.41 Å². The van der Waals surface area contributed by atoms with E-state index in [0.29, 0.717) is 5.82 Å². The Morgan fingerprint density at radius 3 is 1.54 bits per heavy atom. The van der Waals surface area contributed by atoms with Crippen molar-refractivity contribution in [3.05, 3.63) is 192 Å². The summed E-state index contributed by atoms with van der Waals surface area (Å²) in [5.41, 5.74) is 15.4. The van der Waals surface area contributed by atoms with E-state index in [0.717, 1.165) is 39.3 Å². The lowest BCUT2D eigenvalue weighted by Gasteiger charge is -2.29. The molecule has 0 radical (unpaired) electrons. The maximum atomic E-state index is 5.40. The van der Waals surface area contributed by atoms with Gasteiger partial charge in [0.2, 0.25) is 0 Å². The molecule has 0 atom stereocenters. The Bertz CT molecular complexity index is 2730. The summed E-state index contributed by atoms with van der Waals surface area (Å²) in [6.45, 7) is 0. The molecule has 9 aromatic rings. The van der Waals surface area contributed by atoms with Crippen LogP contribution in [0.2, 0.25) is 0 Å². The minimum absolute atomic E-state index is 0.457. The fraction of sp³-hybridized carbons (Fsp3) is 0.0217. The molecule has 2 aliphatic rings. The third-order valence-corrected chi connectivity index (χ3v) is 10.8. The molecule has 11 rings (SSSR count). The summed E-state index contributed by atoms with van der Waals surface area (Å²) in [4.78, 5) is 15.6. The van der Waals surface area contributed by atoms with E-state index in [1.807, 2.05) is 6.20 Å². The van der Waals surface area contributed by atoms with Gasteiger partial charge in [-0.2, -0.15) is 0 Å². The second-order valence-electron chi connectivity index (χ2n) is 13.2. The molecule has 0 saturated carbocycles. The van der Waals surface area contributed by atoms with Gasteiger partial charge in [-0.3, -0.25) is 4.98 Å². The predicted octanol–water partition coefficient (Wildman–Crippen LogP) is 10.6. The largest absolute Gasteiger partial charge is 0.308 e. The molecular formula is C46H28N4. The lowest BCUT2D eigenvalue weighted by Crippen LogP contribution is -2.26. The zero-order valence-corrected chi connectivity index (χ0v) is 27.0. The predicted molar refractivity (Wildman–Crippen MR) is 201 cm³/mol. The summed E-state index contributed by atoms with van der Waals surface area (Å²) in [5, 5.41) is 2.47. The van der Waals surface area contributed by atoms with E-state index in [1.54, 1.807) is 0 Å². The van der Waals surface area contributed by atoms with E-state index >= 15 is 0 Å². The summed E-state index contributed by atoms with van der Waals surface area (Å²) in [5.74, 6) is 0.694. The van der Waals surface area contributed by atoms with Crippen molar-refractivity contribution in [3.8, 4) is 50.7 Å². The molecule has 6 aromatic carbocycles. The highest BCUT2D eigenvalue weighted by Gasteiger charge is 2.52. The molecule has 232 valence electrons. The van der Waals surface area contributed by atoms with E-state index in [4.69, 9.17) is 15.0 Å². The Kier molecular flexibility index (Phi) is 5.56. The van der Waals surface area contributed by atoms with Crippen LogP contribution in [0, 0.1) is 0 Å². The minimum Gasteiger partial charge on any atom is -0.308 e. The first-order valence-electron chi connectivity index (χ1n) is 17.0. The van der Waals surface area contributed by atoms with Crippen molar-refractivity contribution in [2.24, 2.45) is 0 Å². The van der Waals surface area contributed by atoms with E-state index < -0.39 is 5.41 Å². The molecule has 0 aliphatic heterocycles. The smallest absolute Gasteiger partial charge is 0.160 e. The van der Waals surface area contributed by atoms with Crippen LogP contribution in [0.3, 0.4) is 0 Å². The molecule has 0 unspecified atom stereocenters. The molecule has 4 nitrogen and oxygen atoms in total. The average Bonchev–Trinajstić information content (AvgIpc) is 3.80. The van der Waals surface area contributed by atoms with Gasteiger partial charge in [-0.1, -0.05) is 133 Å². The zero-order chi connectivity index (χ0) is 32.8. The van der Waals surface area contributed by atoms with Crippen molar-refractivity contribution >= 4 is 21.8 Å². The van der Waals surface area contributed by atoms with Crippen LogP contribution in [0.25, 0.3) is 72.5 Å². The molecule has 1 spiro atoms. The first-order valence-corrected chi connectivity index (χ1v) is 17.0. The average molecular weight is 637 g/mol. The van der Waals surface area contributed by atoms with Crippen LogP contribution in [0.5, 0.6) is 0 Å². The lowest BCUT2D eigenvalue weighted by molar-refractivity contribution is 0.785. The van der Waals surface area contributed by atoms with Crippen molar-refractivity contribution in [1.82, 2.24) is 19.5 Å². The normalized spacial score (nSPS) is 13.4. The maximum absolute atomic E-state index is 5.40. The second kappa shape index (κ2) is 10.2. The van der Waals surface area contributed by atoms with E-state index in [1.165, 1.54) is 49.6 Å². The number of nitrogens with zero attached hydrogens (tertiary/aromatic N) is 4. The van der Waals surface area contributed by atoms with E-state index in [9.17, 15) is 0 Å². The van der Waals surface area contributed by atoms with E-state index in [2.05, 4.69) is 168 Å². The number of pyridine rings is 1. The van der Waals surface area contributed by atoms with Gasteiger partial charge >= 0.3 is 0 Å². The van der Waals surface area contributed by atoms with Crippen LogP contribution in [0.4, 0.5) is 0 Å². The third-order valence-electron chi connectivity index (χ3n) is 10.8. The fourth-order valence-electron chi connectivity index (χ4n) is 8.75. The molecule has 0 amide bonds. The molecule has 2 aliphatic carbocycles. The van der Waals surface area contributed by atoms with Gasteiger partial charge in [-0.05, 0) is 52.1 Å². The molecular weight excluding hydrogens is 609 g/mol. The first-order chi connectivity index (χ1) is 24.8. The molecule has 0 N–H and O–H groups in total. The first kappa shape index (κ1) is 27.3. The zero-order valence-electron chi connectivity index (χ0n) is 27.0. The highest BCUT2D eigenvalue weighted by atomic mass is 15.0. The van der Waals surface area contributed by atoms with Gasteiger partial charge in [0.05, 0.1) is 39.7 Å². The number of benzene rings is 6. The quantitative estimate of drug-likeness (QED) is 0.194. The second-order valence-corrected chi connectivity index (χ2v) is 13.2. The monoisotopic (exact) mass is 636 g/mol. The van der Waals surface area contributed by atoms with Crippen LogP contribution in [0.1, 0.15) is 22.3 Å². The number of rotatable bonds is 3. The summed E-state index contributed by atoms with van der Waals surface area (Å²) in [6.07, 6.45) is 4.05. The molecule has 3 heterocycles. The number of hydrogen-bond acceptors (Lipinski definition) is 3. The van der Waals surface area contributed by atoms with Crippen LogP contribution in [-0.4, -0.2) is 19.5 Å². The summed E-state index contributed by atoms with van der Waals surface area (Å²) in [7, 11) is 0. The highest BCUT2D eigenvalue weighted by Crippen LogP contribution is 2.62. The Hall–Kier alpha value is -6.65. The summed E-state index contributed by atoms with van der Waals surface area (Å²) < 4.78 is 2.30. The van der Waals surface area contributed by atoms with Crippen LogP contribution < -0.4 is 0 Å². The Labute approximate surface area is 289 Å². The van der Waals surface area contributed by atoms with Gasteiger partial charge in [-0.15, -0.1) is 0 Å². The standard InChI is InChI=1S/C46H28N4/c1-2-18-35(32(15-1)41-26-25-29(27-47-41)50-42-23-11-6-16-33(42)34-17-7-12-24-43(34)50)45-48-28-40-44(49-45)36-19-5-10-22-39(36)46(40)37-20-8-3-13-30(37)31-14-4-9-21-38(31)46/h1-28H. The van der Waals surface area contributed by atoms with Crippen molar-refractivity contribution in [3.63, 3.8) is 0 Å². The van der Waals surface area contributed by atoms with Gasteiger partial charge in [0.1, 0.15) is 0 Å².